The number of ether oxygens (including phenoxy) is 2. The second kappa shape index (κ2) is 9.36. The normalized spacial score (nSPS) is 21.5. The lowest BCUT2D eigenvalue weighted by Crippen LogP contribution is -2.49. The van der Waals surface area contributed by atoms with Crippen molar-refractivity contribution in [2.75, 3.05) is 26.3 Å². The first-order chi connectivity index (χ1) is 14.9. The minimum atomic E-state index is -3.48. The van der Waals surface area contributed by atoms with Crippen molar-refractivity contribution in [3.8, 4) is 0 Å². The lowest BCUT2D eigenvalue weighted by molar-refractivity contribution is -0.0619. The van der Waals surface area contributed by atoms with Crippen LogP contribution in [0.4, 0.5) is 0 Å². The summed E-state index contributed by atoms with van der Waals surface area (Å²) < 4.78 is 40.1. The molecule has 168 valence electrons. The average Bonchev–Trinajstić information content (AvgIpc) is 3.13. The van der Waals surface area contributed by atoms with Gasteiger partial charge in [-0.2, -0.15) is 4.31 Å². The fourth-order valence-corrected chi connectivity index (χ4v) is 6.60. The molecule has 2 aliphatic rings. The maximum absolute atomic E-state index is 13.2. The minimum Gasteiger partial charge on any atom is -0.375 e. The summed E-state index contributed by atoms with van der Waals surface area (Å²) in [6, 6.07) is 11.4. The van der Waals surface area contributed by atoms with Crippen molar-refractivity contribution < 1.29 is 17.9 Å². The van der Waals surface area contributed by atoms with Crippen LogP contribution in [0, 0.1) is 19.8 Å². The molecule has 1 spiro atoms. The summed E-state index contributed by atoms with van der Waals surface area (Å²) in [6.07, 6.45) is 5.19. The topological polar surface area (TPSA) is 68.7 Å². The van der Waals surface area contributed by atoms with Crippen molar-refractivity contribution >= 4 is 10.0 Å². The second-order valence-electron chi connectivity index (χ2n) is 8.79. The van der Waals surface area contributed by atoms with E-state index >= 15 is 0 Å². The van der Waals surface area contributed by atoms with Crippen LogP contribution in [-0.4, -0.2) is 49.6 Å². The number of hydrogen-bond donors (Lipinski definition) is 0. The van der Waals surface area contributed by atoms with E-state index in [1.54, 1.807) is 22.6 Å². The molecule has 31 heavy (non-hydrogen) atoms. The highest BCUT2D eigenvalue weighted by molar-refractivity contribution is 7.89. The molecule has 2 saturated heterocycles. The molecule has 2 aromatic rings. The van der Waals surface area contributed by atoms with E-state index in [4.69, 9.17) is 9.47 Å². The molecule has 0 radical (unpaired) electrons. The summed E-state index contributed by atoms with van der Waals surface area (Å²) >= 11 is 0. The summed E-state index contributed by atoms with van der Waals surface area (Å²) in [7, 11) is -3.48. The highest BCUT2D eigenvalue weighted by atomic mass is 32.2. The lowest BCUT2D eigenvalue weighted by atomic mass is 9.78. The van der Waals surface area contributed by atoms with Gasteiger partial charge in [0.15, 0.2) is 0 Å². The van der Waals surface area contributed by atoms with Gasteiger partial charge in [-0.25, -0.2) is 8.42 Å². The van der Waals surface area contributed by atoms with Crippen molar-refractivity contribution in [1.82, 2.24) is 9.29 Å². The van der Waals surface area contributed by atoms with E-state index in [9.17, 15) is 8.42 Å². The quantitative estimate of drug-likeness (QED) is 0.607. The third-order valence-corrected chi connectivity index (χ3v) is 8.46. The summed E-state index contributed by atoms with van der Waals surface area (Å²) in [5, 5.41) is 0. The third-order valence-electron chi connectivity index (χ3n) is 6.59. The Morgan fingerprint density at radius 1 is 1.16 bits per heavy atom. The average molecular weight is 445 g/mol. The molecule has 0 amide bonds. The number of piperidine rings is 1. The SMILES string of the molecule is Cc1cc(C)cc(S(=O)(=O)N2CCC3(CC2)OCCC3CCOCc2ccccn2)c1. The third kappa shape index (κ3) is 5.00. The molecule has 1 aromatic heterocycles. The molecule has 0 bridgehead atoms. The van der Waals surface area contributed by atoms with E-state index in [2.05, 4.69) is 4.98 Å². The van der Waals surface area contributed by atoms with Gasteiger partial charge in [-0.15, -0.1) is 0 Å². The number of pyridine rings is 1. The lowest BCUT2D eigenvalue weighted by Gasteiger charge is -2.41. The van der Waals surface area contributed by atoms with Crippen LogP contribution in [0.2, 0.25) is 0 Å². The maximum Gasteiger partial charge on any atom is 0.243 e. The van der Waals surface area contributed by atoms with Gasteiger partial charge in [-0.1, -0.05) is 12.1 Å². The largest absolute Gasteiger partial charge is 0.375 e. The molecule has 1 atom stereocenters. The number of sulfonamides is 1. The van der Waals surface area contributed by atoms with Crippen LogP contribution in [0.5, 0.6) is 0 Å². The zero-order valence-corrected chi connectivity index (χ0v) is 19.2. The van der Waals surface area contributed by atoms with Crippen LogP contribution in [0.15, 0.2) is 47.5 Å². The first kappa shape index (κ1) is 22.4. The summed E-state index contributed by atoms with van der Waals surface area (Å²) in [6.45, 7) is 6.80. The molecule has 1 unspecified atom stereocenters. The van der Waals surface area contributed by atoms with Crippen LogP contribution in [0.3, 0.4) is 0 Å². The van der Waals surface area contributed by atoms with Gasteiger partial charge >= 0.3 is 0 Å². The van der Waals surface area contributed by atoms with Gasteiger partial charge < -0.3 is 9.47 Å². The van der Waals surface area contributed by atoms with E-state index in [1.807, 2.05) is 38.1 Å². The van der Waals surface area contributed by atoms with Crippen molar-refractivity contribution in [3.05, 3.63) is 59.4 Å². The Morgan fingerprint density at radius 2 is 1.90 bits per heavy atom. The Bertz CT molecular complexity index is 966. The Balaban J connectivity index is 1.34. The highest BCUT2D eigenvalue weighted by Gasteiger charge is 2.47. The number of rotatable bonds is 7. The fourth-order valence-electron chi connectivity index (χ4n) is 4.97. The van der Waals surface area contributed by atoms with Crippen LogP contribution in [0.25, 0.3) is 0 Å². The predicted molar refractivity (Wildman–Crippen MR) is 119 cm³/mol. The molecule has 2 fully saturated rings. The van der Waals surface area contributed by atoms with E-state index in [0.717, 1.165) is 49.1 Å². The molecule has 6 nitrogen and oxygen atoms in total. The zero-order valence-electron chi connectivity index (χ0n) is 18.4. The second-order valence-corrected chi connectivity index (χ2v) is 10.7. The molecular weight excluding hydrogens is 412 g/mol. The van der Waals surface area contributed by atoms with E-state index in [1.165, 1.54) is 0 Å². The molecular formula is C24H32N2O4S. The van der Waals surface area contributed by atoms with Crippen LogP contribution in [-0.2, 0) is 26.1 Å². The van der Waals surface area contributed by atoms with E-state index in [-0.39, 0.29) is 5.60 Å². The number of hydrogen-bond acceptors (Lipinski definition) is 5. The van der Waals surface area contributed by atoms with Crippen molar-refractivity contribution in [3.63, 3.8) is 0 Å². The first-order valence-corrected chi connectivity index (χ1v) is 12.5. The molecule has 0 saturated carbocycles. The number of aromatic nitrogens is 1. The Kier molecular flexibility index (Phi) is 6.77. The standard InChI is InChI=1S/C24H32N2O4S/c1-19-15-20(2)17-23(16-19)31(27,28)26-11-8-24(9-12-26)21(7-14-30-24)6-13-29-18-22-5-3-4-10-25-22/h3-5,10,15-17,21H,6-9,11-14,18H2,1-2H3. The van der Waals surface area contributed by atoms with Gasteiger partial charge in [0.1, 0.15) is 0 Å². The van der Waals surface area contributed by atoms with Crippen molar-refractivity contribution in [2.45, 2.75) is 56.6 Å². The molecule has 7 heteroatoms. The minimum absolute atomic E-state index is 0.219. The molecule has 0 aliphatic carbocycles. The molecule has 1 aromatic carbocycles. The van der Waals surface area contributed by atoms with Gasteiger partial charge in [0.05, 0.1) is 22.8 Å². The zero-order chi connectivity index (χ0) is 21.9. The van der Waals surface area contributed by atoms with Crippen LogP contribution >= 0.6 is 0 Å². The molecule has 4 rings (SSSR count). The summed E-state index contributed by atoms with van der Waals surface area (Å²) in [4.78, 5) is 4.68. The predicted octanol–water partition coefficient (Wildman–Crippen LogP) is 3.87. The Morgan fingerprint density at radius 3 is 2.58 bits per heavy atom. The van der Waals surface area contributed by atoms with E-state index < -0.39 is 10.0 Å². The molecule has 2 aliphatic heterocycles. The molecule has 0 N–H and O–H groups in total. The van der Waals surface area contributed by atoms with Crippen molar-refractivity contribution in [2.24, 2.45) is 5.92 Å². The van der Waals surface area contributed by atoms with Gasteiger partial charge in [0.25, 0.3) is 0 Å². The van der Waals surface area contributed by atoms with Gasteiger partial charge in [0.2, 0.25) is 10.0 Å². The monoisotopic (exact) mass is 444 g/mol. The number of benzene rings is 1. The summed E-state index contributed by atoms with van der Waals surface area (Å²) in [5.74, 6) is 0.405. The smallest absolute Gasteiger partial charge is 0.243 e. The Labute approximate surface area is 185 Å². The van der Waals surface area contributed by atoms with Crippen LogP contribution < -0.4 is 0 Å². The van der Waals surface area contributed by atoms with Gasteiger partial charge in [0, 0.05) is 32.5 Å². The Hall–Kier alpha value is -1.80. The highest BCUT2D eigenvalue weighted by Crippen LogP contribution is 2.43. The maximum atomic E-state index is 13.2. The van der Waals surface area contributed by atoms with Crippen molar-refractivity contribution in [1.29, 1.82) is 0 Å². The van der Waals surface area contributed by atoms with Gasteiger partial charge in [-0.05, 0) is 80.8 Å². The van der Waals surface area contributed by atoms with Crippen LogP contribution in [0.1, 0.15) is 42.5 Å². The molecule has 3 heterocycles. The number of nitrogens with zero attached hydrogens (tertiary/aromatic N) is 2. The fraction of sp³-hybridized carbons (Fsp3) is 0.542. The first-order valence-electron chi connectivity index (χ1n) is 11.1. The van der Waals surface area contributed by atoms with Gasteiger partial charge in [-0.3, -0.25) is 4.98 Å². The number of aryl methyl sites for hydroxylation is 2. The summed E-state index contributed by atoms with van der Waals surface area (Å²) in [5.41, 5.74) is 2.65. The van der Waals surface area contributed by atoms with E-state index in [0.29, 0.717) is 37.1 Å².